The lowest BCUT2D eigenvalue weighted by molar-refractivity contribution is -0.114. The number of thioether (sulfide) groups is 1. The Hall–Kier alpha value is -3.36. The molecule has 6 nitrogen and oxygen atoms in total. The van der Waals surface area contributed by atoms with Crippen LogP contribution in [0.3, 0.4) is 0 Å². The Bertz CT molecular complexity index is 1060. The highest BCUT2D eigenvalue weighted by atomic mass is 32.2. The number of amides is 2. The SMILES string of the molecule is CC(=O)Nc1ccc(NC(=O)CSc2cccc(NC(=S)Nc3ccccc3)c2)cc1. The summed E-state index contributed by atoms with van der Waals surface area (Å²) in [5, 5.41) is 12.3. The van der Waals surface area contributed by atoms with Crippen LogP contribution in [0.4, 0.5) is 22.7 Å². The van der Waals surface area contributed by atoms with E-state index in [2.05, 4.69) is 21.3 Å². The molecule has 0 saturated heterocycles. The van der Waals surface area contributed by atoms with Crippen LogP contribution >= 0.6 is 24.0 Å². The zero-order valence-corrected chi connectivity index (χ0v) is 18.5. The van der Waals surface area contributed by atoms with E-state index in [1.165, 1.54) is 18.7 Å². The average molecular weight is 451 g/mol. The summed E-state index contributed by atoms with van der Waals surface area (Å²) in [6, 6.07) is 24.4. The van der Waals surface area contributed by atoms with Crippen molar-refractivity contribution < 1.29 is 9.59 Å². The standard InChI is InChI=1S/C23H22N4O2S2/c1-16(28)24-18-10-12-19(13-11-18)25-22(29)15-31-21-9-5-8-20(14-21)27-23(30)26-17-6-3-2-4-7-17/h2-14H,15H2,1H3,(H,24,28)(H,25,29)(H2,26,27,30). The molecule has 31 heavy (non-hydrogen) atoms. The summed E-state index contributed by atoms with van der Waals surface area (Å²) >= 11 is 6.79. The summed E-state index contributed by atoms with van der Waals surface area (Å²) in [5.74, 6) is 0.0160. The van der Waals surface area contributed by atoms with E-state index >= 15 is 0 Å². The van der Waals surface area contributed by atoms with Crippen molar-refractivity contribution in [3.05, 3.63) is 78.9 Å². The molecule has 2 amide bonds. The Labute approximate surface area is 190 Å². The van der Waals surface area contributed by atoms with Crippen molar-refractivity contribution in [1.82, 2.24) is 0 Å². The first kappa shape index (κ1) is 22.3. The number of carbonyl (C=O) groups is 2. The van der Waals surface area contributed by atoms with Gasteiger partial charge in [0.05, 0.1) is 5.75 Å². The quantitative estimate of drug-likeness (QED) is 0.293. The molecule has 0 radical (unpaired) electrons. The van der Waals surface area contributed by atoms with Crippen molar-refractivity contribution in [2.75, 3.05) is 27.0 Å². The van der Waals surface area contributed by atoms with Gasteiger partial charge >= 0.3 is 0 Å². The van der Waals surface area contributed by atoms with Crippen LogP contribution in [0.5, 0.6) is 0 Å². The number of carbonyl (C=O) groups excluding carboxylic acids is 2. The first-order valence-electron chi connectivity index (χ1n) is 9.51. The smallest absolute Gasteiger partial charge is 0.234 e. The molecule has 4 N–H and O–H groups in total. The molecule has 0 heterocycles. The monoisotopic (exact) mass is 450 g/mol. The Morgan fingerprint density at radius 2 is 1.32 bits per heavy atom. The number of thiocarbonyl (C=S) groups is 1. The number of hydrogen-bond donors (Lipinski definition) is 4. The van der Waals surface area contributed by atoms with E-state index in [0.29, 0.717) is 16.5 Å². The molecule has 0 aliphatic heterocycles. The van der Waals surface area contributed by atoms with Gasteiger partial charge in [-0.05, 0) is 66.8 Å². The van der Waals surface area contributed by atoms with Gasteiger partial charge < -0.3 is 21.3 Å². The van der Waals surface area contributed by atoms with E-state index in [1.807, 2.05) is 54.6 Å². The highest BCUT2D eigenvalue weighted by Crippen LogP contribution is 2.22. The van der Waals surface area contributed by atoms with Crippen LogP contribution in [0.25, 0.3) is 0 Å². The van der Waals surface area contributed by atoms with E-state index in [0.717, 1.165) is 16.3 Å². The summed E-state index contributed by atoms with van der Waals surface area (Å²) in [6.45, 7) is 1.45. The third-order valence-electron chi connectivity index (χ3n) is 3.98. The van der Waals surface area contributed by atoms with Crippen molar-refractivity contribution >= 4 is 63.7 Å². The second-order valence-corrected chi connectivity index (χ2v) is 8.03. The van der Waals surface area contributed by atoms with Gasteiger partial charge in [0.15, 0.2) is 5.11 Å². The highest BCUT2D eigenvalue weighted by Gasteiger charge is 2.06. The minimum atomic E-state index is -0.137. The van der Waals surface area contributed by atoms with E-state index in [1.54, 1.807) is 24.3 Å². The second-order valence-electron chi connectivity index (χ2n) is 6.57. The zero-order chi connectivity index (χ0) is 22.1. The Balaban J connectivity index is 1.48. The van der Waals surface area contributed by atoms with Gasteiger partial charge in [0.25, 0.3) is 0 Å². The van der Waals surface area contributed by atoms with Gasteiger partial charge in [0, 0.05) is 34.6 Å². The third kappa shape index (κ3) is 7.76. The Kier molecular flexibility index (Phi) is 8.03. The normalized spacial score (nSPS) is 10.1. The number of benzene rings is 3. The van der Waals surface area contributed by atoms with Crippen LogP contribution in [0.1, 0.15) is 6.92 Å². The number of para-hydroxylation sites is 1. The predicted molar refractivity (Wildman–Crippen MR) is 133 cm³/mol. The fraction of sp³-hybridized carbons (Fsp3) is 0.0870. The number of rotatable bonds is 7. The lowest BCUT2D eigenvalue weighted by Crippen LogP contribution is -2.19. The second kappa shape index (κ2) is 11.1. The summed E-state index contributed by atoms with van der Waals surface area (Å²) in [4.78, 5) is 24.3. The number of nitrogens with one attached hydrogen (secondary N) is 4. The van der Waals surface area contributed by atoms with Crippen molar-refractivity contribution in [3.8, 4) is 0 Å². The fourth-order valence-electron chi connectivity index (χ4n) is 2.66. The topological polar surface area (TPSA) is 82.3 Å². The lowest BCUT2D eigenvalue weighted by Gasteiger charge is -2.11. The molecule has 0 aromatic heterocycles. The first-order chi connectivity index (χ1) is 15.0. The molecule has 3 aromatic rings. The average Bonchev–Trinajstić information content (AvgIpc) is 2.74. The van der Waals surface area contributed by atoms with Crippen LogP contribution < -0.4 is 21.3 Å². The Morgan fingerprint density at radius 1 is 0.742 bits per heavy atom. The molecule has 3 rings (SSSR count). The van der Waals surface area contributed by atoms with Crippen LogP contribution in [-0.2, 0) is 9.59 Å². The van der Waals surface area contributed by atoms with Gasteiger partial charge in [-0.15, -0.1) is 11.8 Å². The summed E-state index contributed by atoms with van der Waals surface area (Å²) in [6.07, 6.45) is 0. The first-order valence-corrected chi connectivity index (χ1v) is 10.9. The summed E-state index contributed by atoms with van der Waals surface area (Å²) in [7, 11) is 0. The minimum Gasteiger partial charge on any atom is -0.332 e. The van der Waals surface area contributed by atoms with Crippen molar-refractivity contribution in [1.29, 1.82) is 0 Å². The maximum atomic E-state index is 12.3. The lowest BCUT2D eigenvalue weighted by atomic mass is 10.3. The van der Waals surface area contributed by atoms with Gasteiger partial charge in [-0.1, -0.05) is 24.3 Å². The van der Waals surface area contributed by atoms with Crippen molar-refractivity contribution in [2.45, 2.75) is 11.8 Å². The molecule has 0 unspecified atom stereocenters. The van der Waals surface area contributed by atoms with Gasteiger partial charge in [-0.2, -0.15) is 0 Å². The largest absolute Gasteiger partial charge is 0.332 e. The molecular formula is C23H22N4O2S2. The molecule has 0 spiro atoms. The predicted octanol–water partition coefficient (Wildman–Crippen LogP) is 5.18. The molecule has 158 valence electrons. The summed E-state index contributed by atoms with van der Waals surface area (Å²) < 4.78 is 0. The maximum absolute atomic E-state index is 12.3. The third-order valence-corrected chi connectivity index (χ3v) is 5.18. The molecule has 0 fully saturated rings. The highest BCUT2D eigenvalue weighted by molar-refractivity contribution is 8.00. The van der Waals surface area contributed by atoms with E-state index in [9.17, 15) is 9.59 Å². The van der Waals surface area contributed by atoms with E-state index < -0.39 is 0 Å². The molecule has 0 bridgehead atoms. The van der Waals surface area contributed by atoms with Gasteiger partial charge in [-0.25, -0.2) is 0 Å². The van der Waals surface area contributed by atoms with E-state index in [4.69, 9.17) is 12.2 Å². The van der Waals surface area contributed by atoms with Gasteiger partial charge in [0.1, 0.15) is 0 Å². The van der Waals surface area contributed by atoms with Crippen LogP contribution in [0, 0.1) is 0 Å². The zero-order valence-electron chi connectivity index (χ0n) is 16.8. The molecule has 0 aliphatic carbocycles. The van der Waals surface area contributed by atoms with Crippen LogP contribution in [-0.4, -0.2) is 22.7 Å². The Morgan fingerprint density at radius 3 is 2.00 bits per heavy atom. The van der Waals surface area contributed by atoms with Crippen LogP contribution in [0.2, 0.25) is 0 Å². The molecular weight excluding hydrogens is 428 g/mol. The molecule has 3 aromatic carbocycles. The van der Waals surface area contributed by atoms with Crippen LogP contribution in [0.15, 0.2) is 83.8 Å². The molecule has 0 saturated carbocycles. The van der Waals surface area contributed by atoms with Gasteiger partial charge in [0.2, 0.25) is 11.8 Å². The molecule has 0 atom stereocenters. The summed E-state index contributed by atoms with van der Waals surface area (Å²) in [5.41, 5.74) is 3.11. The fourth-order valence-corrected chi connectivity index (χ4v) is 3.66. The van der Waals surface area contributed by atoms with E-state index in [-0.39, 0.29) is 17.6 Å². The minimum absolute atomic E-state index is 0.114. The van der Waals surface area contributed by atoms with Gasteiger partial charge in [-0.3, -0.25) is 9.59 Å². The molecule has 0 aliphatic rings. The number of anilines is 4. The molecule has 8 heteroatoms. The number of hydrogen-bond acceptors (Lipinski definition) is 4. The van der Waals surface area contributed by atoms with Crippen molar-refractivity contribution in [2.24, 2.45) is 0 Å². The van der Waals surface area contributed by atoms with Crippen molar-refractivity contribution in [3.63, 3.8) is 0 Å². The maximum Gasteiger partial charge on any atom is 0.234 e.